The minimum Gasteiger partial charge on any atom is -0.366 e. The average molecular weight is 200 g/mol. The molecule has 1 amide bonds. The zero-order valence-corrected chi connectivity index (χ0v) is 8.46. The van der Waals surface area contributed by atoms with Crippen LogP contribution in [0.25, 0.3) is 0 Å². The second kappa shape index (κ2) is 10.2. The van der Waals surface area contributed by atoms with E-state index in [1.165, 1.54) is 12.5 Å². The number of amides is 1. The minimum atomic E-state index is -0.372. The summed E-state index contributed by atoms with van der Waals surface area (Å²) >= 11 is 0. The number of nitrogens with one attached hydrogen (secondary N) is 2. The van der Waals surface area contributed by atoms with Gasteiger partial charge in [-0.2, -0.15) is 5.53 Å². The molecule has 0 aliphatic rings. The summed E-state index contributed by atoms with van der Waals surface area (Å²) in [4.78, 5) is 10.3. The van der Waals surface area contributed by atoms with Crippen LogP contribution in [0.3, 0.4) is 0 Å². The molecule has 0 aromatic carbocycles. The molecule has 0 saturated heterocycles. The van der Waals surface area contributed by atoms with Gasteiger partial charge < -0.3 is 5.73 Å². The predicted molar refractivity (Wildman–Crippen MR) is 56.7 cm³/mol. The number of rotatable bonds is 9. The van der Waals surface area contributed by atoms with Gasteiger partial charge in [-0.25, -0.2) is 5.43 Å². The number of unbranched alkanes of at least 4 members (excludes halogenated alkanes) is 4. The van der Waals surface area contributed by atoms with E-state index in [-0.39, 0.29) is 5.91 Å². The van der Waals surface area contributed by atoms with Crippen molar-refractivity contribution in [3.05, 3.63) is 12.2 Å². The molecule has 5 heteroatoms. The molecule has 0 aromatic heterocycles. The van der Waals surface area contributed by atoms with Crippen LogP contribution in [-0.4, -0.2) is 12.5 Å². The molecule has 0 fully saturated rings. The van der Waals surface area contributed by atoms with E-state index < -0.39 is 0 Å². The molecule has 0 aromatic rings. The maximum atomic E-state index is 10.3. The molecule has 0 saturated carbocycles. The molecule has 0 atom stereocenters. The number of carbonyl (C=O) groups excluding carboxylic acids is 1. The van der Waals surface area contributed by atoms with Crippen LogP contribution in [0.15, 0.2) is 12.2 Å². The quantitative estimate of drug-likeness (QED) is 0.182. The first-order chi connectivity index (χ1) is 6.77. The molecule has 0 aliphatic heterocycles. The molecule has 0 unspecified atom stereocenters. The van der Waals surface area contributed by atoms with Crippen LogP contribution < -0.4 is 22.5 Å². The van der Waals surface area contributed by atoms with Gasteiger partial charge in [0.25, 0.3) is 0 Å². The number of hydrogen-bond acceptors (Lipinski definition) is 4. The minimum absolute atomic E-state index is 0.372. The standard InChI is InChI=1S/C9H20N4O/c10-9(14)7-5-3-1-2-4-6-8-12-13-11/h5,7,12-13H,1-4,6,8,11H2,(H2,10,14). The third-order valence-electron chi connectivity index (χ3n) is 1.81. The highest BCUT2D eigenvalue weighted by Gasteiger charge is 1.88. The molecule has 0 aliphatic carbocycles. The average Bonchev–Trinajstić information content (AvgIpc) is 2.15. The van der Waals surface area contributed by atoms with Gasteiger partial charge in [0.05, 0.1) is 0 Å². The molecule has 82 valence electrons. The number of hydrazine groups is 2. The van der Waals surface area contributed by atoms with Gasteiger partial charge in [0.2, 0.25) is 5.91 Å². The third-order valence-corrected chi connectivity index (χ3v) is 1.81. The van der Waals surface area contributed by atoms with Gasteiger partial charge in [-0.3, -0.25) is 10.6 Å². The van der Waals surface area contributed by atoms with Crippen molar-refractivity contribution in [3.8, 4) is 0 Å². The molecule has 0 heterocycles. The fraction of sp³-hybridized carbons (Fsp3) is 0.667. The van der Waals surface area contributed by atoms with E-state index in [1.54, 1.807) is 0 Å². The summed E-state index contributed by atoms with van der Waals surface area (Å²) in [6.07, 6.45) is 8.69. The number of primary amides is 1. The molecular weight excluding hydrogens is 180 g/mol. The van der Waals surface area contributed by atoms with Crippen LogP contribution in [0, 0.1) is 0 Å². The molecule has 0 spiro atoms. The Bertz CT molecular complexity index is 170. The maximum Gasteiger partial charge on any atom is 0.241 e. The second-order valence-corrected chi connectivity index (χ2v) is 3.08. The summed E-state index contributed by atoms with van der Waals surface area (Å²) in [6.45, 7) is 0.883. The molecule has 0 bridgehead atoms. The van der Waals surface area contributed by atoms with Gasteiger partial charge >= 0.3 is 0 Å². The highest BCUT2D eigenvalue weighted by atomic mass is 16.1. The first-order valence-electron chi connectivity index (χ1n) is 4.92. The summed E-state index contributed by atoms with van der Waals surface area (Å²) in [5.41, 5.74) is 10.1. The Morgan fingerprint density at radius 2 is 1.93 bits per heavy atom. The van der Waals surface area contributed by atoms with Gasteiger partial charge in [-0.1, -0.05) is 18.9 Å². The lowest BCUT2D eigenvalue weighted by atomic mass is 10.1. The van der Waals surface area contributed by atoms with Crippen LogP contribution >= 0.6 is 0 Å². The SMILES string of the molecule is NNNCCCCCCC=CC(N)=O. The Kier molecular flexibility index (Phi) is 9.51. The first-order valence-corrected chi connectivity index (χ1v) is 4.92. The summed E-state index contributed by atoms with van der Waals surface area (Å²) < 4.78 is 0. The van der Waals surface area contributed by atoms with Crippen molar-refractivity contribution in [1.29, 1.82) is 0 Å². The van der Waals surface area contributed by atoms with Crippen molar-refractivity contribution in [2.45, 2.75) is 32.1 Å². The second-order valence-electron chi connectivity index (χ2n) is 3.08. The number of hydrogen-bond donors (Lipinski definition) is 4. The van der Waals surface area contributed by atoms with Crippen molar-refractivity contribution >= 4 is 5.91 Å². The maximum absolute atomic E-state index is 10.3. The van der Waals surface area contributed by atoms with E-state index in [0.29, 0.717) is 0 Å². The summed E-state index contributed by atoms with van der Waals surface area (Å²) in [5.74, 6) is 4.65. The Balaban J connectivity index is 3.02. The lowest BCUT2D eigenvalue weighted by Crippen LogP contribution is -2.38. The van der Waals surface area contributed by atoms with Gasteiger partial charge in [0.15, 0.2) is 0 Å². The molecule has 14 heavy (non-hydrogen) atoms. The smallest absolute Gasteiger partial charge is 0.241 e. The van der Waals surface area contributed by atoms with E-state index in [0.717, 1.165) is 32.2 Å². The van der Waals surface area contributed by atoms with Crippen molar-refractivity contribution in [2.24, 2.45) is 11.6 Å². The highest BCUT2D eigenvalue weighted by molar-refractivity contribution is 5.85. The van der Waals surface area contributed by atoms with Crippen LogP contribution in [0.2, 0.25) is 0 Å². The van der Waals surface area contributed by atoms with Gasteiger partial charge in [-0.05, 0) is 25.3 Å². The van der Waals surface area contributed by atoms with Gasteiger partial charge in [0, 0.05) is 6.54 Å². The number of allylic oxidation sites excluding steroid dienone is 1. The fourth-order valence-corrected chi connectivity index (χ4v) is 1.10. The number of carbonyl (C=O) groups is 1. The van der Waals surface area contributed by atoms with Gasteiger partial charge in [-0.15, -0.1) is 0 Å². The van der Waals surface area contributed by atoms with Crippen LogP contribution in [0.1, 0.15) is 32.1 Å². The third kappa shape index (κ3) is 11.1. The molecule has 0 radical (unpaired) electrons. The normalized spacial score (nSPS) is 10.9. The lowest BCUT2D eigenvalue weighted by molar-refractivity contribution is -0.113. The Hall–Kier alpha value is -0.910. The molecular formula is C9H20N4O. The molecule has 6 N–H and O–H groups in total. The lowest BCUT2D eigenvalue weighted by Gasteiger charge is -2.01. The van der Waals surface area contributed by atoms with E-state index in [1.807, 2.05) is 6.08 Å². The Morgan fingerprint density at radius 1 is 1.21 bits per heavy atom. The first kappa shape index (κ1) is 13.1. The van der Waals surface area contributed by atoms with Crippen molar-refractivity contribution in [1.82, 2.24) is 11.0 Å². The van der Waals surface area contributed by atoms with E-state index in [4.69, 9.17) is 11.6 Å². The zero-order valence-electron chi connectivity index (χ0n) is 8.46. The molecule has 0 rings (SSSR count). The van der Waals surface area contributed by atoms with E-state index >= 15 is 0 Å². The summed E-state index contributed by atoms with van der Waals surface area (Å²) in [6, 6.07) is 0. The van der Waals surface area contributed by atoms with Crippen molar-refractivity contribution in [3.63, 3.8) is 0 Å². The Morgan fingerprint density at radius 3 is 2.57 bits per heavy atom. The van der Waals surface area contributed by atoms with Crippen molar-refractivity contribution in [2.75, 3.05) is 6.54 Å². The highest BCUT2D eigenvalue weighted by Crippen LogP contribution is 2.02. The molecule has 5 nitrogen and oxygen atoms in total. The van der Waals surface area contributed by atoms with Crippen LogP contribution in [0.4, 0.5) is 0 Å². The predicted octanol–water partition coefficient (Wildman–Crippen LogP) is -0.0537. The van der Waals surface area contributed by atoms with E-state index in [9.17, 15) is 4.79 Å². The zero-order chi connectivity index (χ0) is 10.6. The largest absolute Gasteiger partial charge is 0.366 e. The Labute approximate surface area is 84.9 Å². The summed E-state index contributed by atoms with van der Waals surface area (Å²) in [5, 5.41) is 0. The monoisotopic (exact) mass is 200 g/mol. The van der Waals surface area contributed by atoms with Crippen LogP contribution in [-0.2, 0) is 4.79 Å². The van der Waals surface area contributed by atoms with Crippen LogP contribution in [0.5, 0.6) is 0 Å². The number of nitrogens with two attached hydrogens (primary N) is 2. The summed E-state index contributed by atoms with van der Waals surface area (Å²) in [7, 11) is 0. The van der Waals surface area contributed by atoms with Crippen molar-refractivity contribution < 1.29 is 4.79 Å². The topological polar surface area (TPSA) is 93.2 Å². The van der Waals surface area contributed by atoms with E-state index in [2.05, 4.69) is 11.0 Å². The van der Waals surface area contributed by atoms with Gasteiger partial charge in [0.1, 0.15) is 0 Å². The fourth-order valence-electron chi connectivity index (χ4n) is 1.10.